The highest BCUT2D eigenvalue weighted by Crippen LogP contribution is 2.25. The summed E-state index contributed by atoms with van der Waals surface area (Å²) in [4.78, 5) is 16.4. The van der Waals surface area contributed by atoms with Crippen LogP contribution in [0.5, 0.6) is 5.75 Å². The molecule has 10 heteroatoms. The van der Waals surface area contributed by atoms with Gasteiger partial charge in [-0.15, -0.1) is 18.3 Å². The van der Waals surface area contributed by atoms with Crippen molar-refractivity contribution in [2.75, 3.05) is 0 Å². The molecule has 0 amide bonds. The van der Waals surface area contributed by atoms with E-state index in [2.05, 4.69) is 24.3 Å². The first-order chi connectivity index (χ1) is 10.4. The summed E-state index contributed by atoms with van der Waals surface area (Å²) < 4.78 is 44.1. The van der Waals surface area contributed by atoms with E-state index in [0.29, 0.717) is 5.69 Å². The minimum atomic E-state index is -4.83. The second-order valence-corrected chi connectivity index (χ2v) is 4.64. The average molecular weight is 331 g/mol. The summed E-state index contributed by atoms with van der Waals surface area (Å²) in [7, 11) is 0. The van der Waals surface area contributed by atoms with Crippen LogP contribution in [0.2, 0.25) is 0 Å². The Morgan fingerprint density at radius 2 is 2.09 bits per heavy atom. The van der Waals surface area contributed by atoms with Gasteiger partial charge in [-0.25, -0.2) is 4.79 Å². The van der Waals surface area contributed by atoms with Gasteiger partial charge in [0.2, 0.25) is 0 Å². The molecule has 2 rings (SSSR count). The molecular weight excluding hydrogens is 323 g/mol. The minimum absolute atomic E-state index is 0.00627. The lowest BCUT2D eigenvalue weighted by molar-refractivity contribution is -0.274. The molecular formula is C12H8F3N3O3S. The van der Waals surface area contributed by atoms with E-state index in [0.717, 1.165) is 23.8 Å². The molecule has 0 aliphatic rings. The van der Waals surface area contributed by atoms with Crippen LogP contribution in [0.1, 0.15) is 20.9 Å². The van der Waals surface area contributed by atoms with Gasteiger partial charge < -0.3 is 9.57 Å². The lowest BCUT2D eigenvalue weighted by atomic mass is 10.2. The number of rotatable bonds is 4. The SMILES string of the molecule is Cc1nnsc1C(=O)ON=Cc1ccccc1OC(F)(F)F. The van der Waals surface area contributed by atoms with Gasteiger partial charge in [-0.05, 0) is 30.6 Å². The molecule has 0 aliphatic heterocycles. The summed E-state index contributed by atoms with van der Waals surface area (Å²) in [6.07, 6.45) is -3.88. The van der Waals surface area contributed by atoms with Crippen LogP contribution in [-0.2, 0) is 4.84 Å². The number of carbonyl (C=O) groups excluding carboxylic acids is 1. The van der Waals surface area contributed by atoms with Crippen molar-refractivity contribution in [2.24, 2.45) is 5.16 Å². The molecule has 0 spiro atoms. The van der Waals surface area contributed by atoms with Crippen molar-refractivity contribution in [3.05, 3.63) is 40.4 Å². The molecule has 0 fully saturated rings. The lowest BCUT2D eigenvalue weighted by Crippen LogP contribution is -2.18. The van der Waals surface area contributed by atoms with Crippen molar-refractivity contribution in [3.63, 3.8) is 0 Å². The van der Waals surface area contributed by atoms with Crippen molar-refractivity contribution in [3.8, 4) is 5.75 Å². The van der Waals surface area contributed by atoms with Gasteiger partial charge in [0.05, 0.1) is 11.9 Å². The number of alkyl halides is 3. The van der Waals surface area contributed by atoms with Crippen molar-refractivity contribution in [1.29, 1.82) is 0 Å². The summed E-state index contributed by atoms with van der Waals surface area (Å²) in [5.74, 6) is -1.25. The Morgan fingerprint density at radius 3 is 2.73 bits per heavy atom. The highest BCUT2D eigenvalue weighted by molar-refractivity contribution is 7.07. The Kier molecular flexibility index (Phi) is 4.71. The number of halogens is 3. The molecule has 0 saturated carbocycles. The topological polar surface area (TPSA) is 73.7 Å². The monoisotopic (exact) mass is 331 g/mol. The first-order valence-corrected chi connectivity index (χ1v) is 6.52. The summed E-state index contributed by atoms with van der Waals surface area (Å²) in [5.41, 5.74) is 0.387. The van der Waals surface area contributed by atoms with E-state index >= 15 is 0 Å². The third kappa shape index (κ3) is 4.25. The van der Waals surface area contributed by atoms with Crippen LogP contribution in [0.3, 0.4) is 0 Å². The van der Waals surface area contributed by atoms with E-state index in [-0.39, 0.29) is 10.4 Å². The number of hydrogen-bond acceptors (Lipinski definition) is 7. The zero-order valence-electron chi connectivity index (χ0n) is 11.0. The number of aryl methyl sites for hydroxylation is 1. The summed E-state index contributed by atoms with van der Waals surface area (Å²) in [6, 6.07) is 5.31. The summed E-state index contributed by atoms with van der Waals surface area (Å²) in [5, 5.41) is 6.99. The number of carbonyl (C=O) groups is 1. The quantitative estimate of drug-likeness (QED) is 0.489. The molecule has 6 nitrogen and oxygen atoms in total. The molecule has 0 radical (unpaired) electrons. The maximum Gasteiger partial charge on any atom is 0.573 e. The largest absolute Gasteiger partial charge is 0.573 e. The van der Waals surface area contributed by atoms with E-state index in [1.807, 2.05) is 0 Å². The van der Waals surface area contributed by atoms with Crippen LogP contribution in [-0.4, -0.2) is 28.1 Å². The molecule has 0 unspecified atom stereocenters. The first kappa shape index (κ1) is 15.9. The number of ether oxygens (including phenoxy) is 1. The maximum atomic E-state index is 12.2. The van der Waals surface area contributed by atoms with Crippen LogP contribution in [0.25, 0.3) is 0 Å². The van der Waals surface area contributed by atoms with Crippen LogP contribution in [0.15, 0.2) is 29.4 Å². The fourth-order valence-corrected chi connectivity index (χ4v) is 1.93. The van der Waals surface area contributed by atoms with Gasteiger partial charge in [-0.2, -0.15) is 0 Å². The highest BCUT2D eigenvalue weighted by atomic mass is 32.1. The number of hydrogen-bond donors (Lipinski definition) is 0. The van der Waals surface area contributed by atoms with Crippen LogP contribution in [0, 0.1) is 6.92 Å². The summed E-state index contributed by atoms with van der Waals surface area (Å²) in [6.45, 7) is 1.57. The van der Waals surface area contributed by atoms with Crippen molar-refractivity contribution in [1.82, 2.24) is 9.59 Å². The van der Waals surface area contributed by atoms with E-state index < -0.39 is 18.1 Å². The normalized spacial score (nSPS) is 11.6. The van der Waals surface area contributed by atoms with Crippen molar-refractivity contribution in [2.45, 2.75) is 13.3 Å². The van der Waals surface area contributed by atoms with Gasteiger partial charge in [-0.1, -0.05) is 21.8 Å². The Labute approximate surface area is 126 Å². The molecule has 0 atom stereocenters. The first-order valence-electron chi connectivity index (χ1n) is 5.75. The highest BCUT2D eigenvalue weighted by Gasteiger charge is 2.31. The van der Waals surface area contributed by atoms with Gasteiger partial charge in [0.1, 0.15) is 5.75 Å². The van der Waals surface area contributed by atoms with Gasteiger partial charge in [0.25, 0.3) is 0 Å². The fourth-order valence-electron chi connectivity index (χ4n) is 1.40. The molecule has 1 aromatic carbocycles. The lowest BCUT2D eigenvalue weighted by Gasteiger charge is -2.10. The second-order valence-electron chi connectivity index (χ2n) is 3.89. The molecule has 0 saturated heterocycles. The van der Waals surface area contributed by atoms with Gasteiger partial charge in [0.15, 0.2) is 4.88 Å². The van der Waals surface area contributed by atoms with Crippen LogP contribution in [0.4, 0.5) is 13.2 Å². The Morgan fingerprint density at radius 1 is 1.36 bits per heavy atom. The number of oxime groups is 1. The van der Waals surface area contributed by atoms with Gasteiger partial charge in [0, 0.05) is 5.56 Å². The van der Waals surface area contributed by atoms with Crippen LogP contribution < -0.4 is 4.74 Å². The standard InChI is InChI=1S/C12H8F3N3O3S/c1-7-10(22-18-17-7)11(19)21-16-6-8-4-2-3-5-9(8)20-12(13,14)15/h2-6H,1H3. The molecule has 1 aromatic heterocycles. The predicted octanol–water partition coefficient (Wildman–Crippen LogP) is 2.94. The molecule has 0 N–H and O–H groups in total. The van der Waals surface area contributed by atoms with Crippen molar-refractivity contribution < 1.29 is 27.5 Å². The predicted molar refractivity (Wildman–Crippen MR) is 70.8 cm³/mol. The van der Waals surface area contributed by atoms with Gasteiger partial charge >= 0.3 is 12.3 Å². The number of para-hydroxylation sites is 1. The minimum Gasteiger partial charge on any atom is -0.405 e. The Balaban J connectivity index is 2.08. The van der Waals surface area contributed by atoms with E-state index in [1.54, 1.807) is 6.92 Å². The second kappa shape index (κ2) is 6.52. The molecule has 116 valence electrons. The Bertz CT molecular complexity index is 700. The van der Waals surface area contributed by atoms with E-state index in [9.17, 15) is 18.0 Å². The number of nitrogens with zero attached hydrogens (tertiary/aromatic N) is 3. The zero-order valence-corrected chi connectivity index (χ0v) is 11.8. The molecule has 22 heavy (non-hydrogen) atoms. The molecule has 2 aromatic rings. The van der Waals surface area contributed by atoms with Gasteiger partial charge in [-0.3, -0.25) is 0 Å². The third-order valence-electron chi connectivity index (χ3n) is 2.31. The van der Waals surface area contributed by atoms with Crippen LogP contribution >= 0.6 is 11.5 Å². The number of aromatic nitrogens is 2. The number of benzene rings is 1. The van der Waals surface area contributed by atoms with E-state index in [4.69, 9.17) is 0 Å². The maximum absolute atomic E-state index is 12.2. The Hall–Kier alpha value is -2.49. The molecule has 0 aliphatic carbocycles. The van der Waals surface area contributed by atoms with Crippen molar-refractivity contribution >= 4 is 23.7 Å². The smallest absolute Gasteiger partial charge is 0.405 e. The molecule has 1 heterocycles. The summed E-state index contributed by atoms with van der Waals surface area (Å²) >= 11 is 0.832. The average Bonchev–Trinajstić information content (AvgIpc) is 2.85. The zero-order chi connectivity index (χ0) is 16.2. The molecule has 0 bridgehead atoms. The fraction of sp³-hybridized carbons (Fsp3) is 0.167. The third-order valence-corrected chi connectivity index (χ3v) is 3.12. The van der Waals surface area contributed by atoms with E-state index in [1.165, 1.54) is 18.2 Å².